The van der Waals surface area contributed by atoms with Gasteiger partial charge in [0.1, 0.15) is 5.78 Å². The summed E-state index contributed by atoms with van der Waals surface area (Å²) in [5.41, 5.74) is 4.15. The average molecular weight is 328 g/mol. The smallest absolute Gasteiger partial charge is 0.296 e. The highest BCUT2D eigenvalue weighted by molar-refractivity contribution is 7.86. The number of rotatable bonds is 7. The Morgan fingerprint density at radius 1 is 1.14 bits per heavy atom. The second kappa shape index (κ2) is 7.48. The molecule has 0 aliphatic heterocycles. The molecule has 22 heavy (non-hydrogen) atoms. The van der Waals surface area contributed by atoms with Crippen LogP contribution >= 0.6 is 0 Å². The third-order valence-electron chi connectivity index (χ3n) is 2.82. The predicted octanol–water partition coefficient (Wildman–Crippen LogP) is 1.76. The van der Waals surface area contributed by atoms with Gasteiger partial charge in [0.2, 0.25) is 0 Å². The predicted molar refractivity (Wildman–Crippen MR) is 78.5 cm³/mol. The maximum absolute atomic E-state index is 12.0. The lowest BCUT2D eigenvalue weighted by Gasteiger charge is -2.28. The Balaban J connectivity index is 2.90. The van der Waals surface area contributed by atoms with Crippen LogP contribution in [0.25, 0.3) is 5.48 Å². The number of ether oxygens (including phenoxy) is 1. The van der Waals surface area contributed by atoms with Crippen LogP contribution < -0.4 is 0 Å². The van der Waals surface area contributed by atoms with E-state index in [1.54, 1.807) is 32.9 Å². The van der Waals surface area contributed by atoms with Crippen molar-refractivity contribution in [2.24, 2.45) is 5.92 Å². The van der Waals surface area contributed by atoms with Crippen molar-refractivity contribution in [3.63, 3.8) is 0 Å². The second-order valence-electron chi connectivity index (χ2n) is 4.93. The molecule has 122 valence electrons. The van der Waals surface area contributed by atoms with Crippen LogP contribution in [0.5, 0.6) is 0 Å². The summed E-state index contributed by atoms with van der Waals surface area (Å²) >= 11 is 0. The molecule has 0 N–H and O–H groups in total. The SMILES string of the molecule is COC(=O)C([N-]OS(=O)(=O)c1ccc(C)cc1)C(=O)C(C)C. The van der Waals surface area contributed by atoms with Crippen molar-refractivity contribution in [1.82, 2.24) is 0 Å². The standard InChI is InChI=1S/C14H18NO6S/c1-9(2)13(16)12(14(17)20-4)15-21-22(18,19)11-7-5-10(3)6-8-11/h5-9,12H,1-4H3/q-1. The summed E-state index contributed by atoms with van der Waals surface area (Å²) in [5, 5.41) is 0. The van der Waals surface area contributed by atoms with Gasteiger partial charge in [0.05, 0.1) is 12.0 Å². The summed E-state index contributed by atoms with van der Waals surface area (Å²) in [5.74, 6) is -2.10. The number of aryl methyl sites for hydroxylation is 1. The summed E-state index contributed by atoms with van der Waals surface area (Å²) in [6.07, 6.45) is 0. The highest BCUT2D eigenvalue weighted by Crippen LogP contribution is 2.19. The van der Waals surface area contributed by atoms with E-state index in [0.717, 1.165) is 12.7 Å². The van der Waals surface area contributed by atoms with E-state index < -0.39 is 33.8 Å². The molecule has 0 radical (unpaired) electrons. The minimum absolute atomic E-state index is 0.123. The Kier molecular flexibility index (Phi) is 6.21. The van der Waals surface area contributed by atoms with Gasteiger partial charge in [0.15, 0.2) is 0 Å². The lowest BCUT2D eigenvalue weighted by molar-refractivity contribution is -0.145. The zero-order valence-electron chi connectivity index (χ0n) is 12.8. The largest absolute Gasteiger partial charge is 0.498 e. The molecule has 8 heteroatoms. The van der Waals surface area contributed by atoms with Crippen LogP contribution in [-0.2, 0) is 28.7 Å². The molecule has 1 aromatic carbocycles. The number of hydrogen-bond acceptors (Lipinski definition) is 6. The summed E-state index contributed by atoms with van der Waals surface area (Å²) < 4.78 is 32.9. The molecule has 7 nitrogen and oxygen atoms in total. The average Bonchev–Trinajstić information content (AvgIpc) is 2.47. The molecule has 0 bridgehead atoms. The van der Waals surface area contributed by atoms with Crippen molar-refractivity contribution in [1.29, 1.82) is 0 Å². The van der Waals surface area contributed by atoms with E-state index in [-0.39, 0.29) is 4.90 Å². The molecular formula is C14H18NO6S-. The number of carbonyl (C=O) groups excluding carboxylic acids is 2. The number of hydroxylamine groups is 1. The summed E-state index contributed by atoms with van der Waals surface area (Å²) in [6.45, 7) is 4.92. The van der Waals surface area contributed by atoms with E-state index in [2.05, 4.69) is 14.5 Å². The fourth-order valence-corrected chi connectivity index (χ4v) is 2.24. The van der Waals surface area contributed by atoms with Crippen molar-refractivity contribution in [3.05, 3.63) is 35.3 Å². The summed E-state index contributed by atoms with van der Waals surface area (Å²) in [6, 6.07) is 4.24. The number of esters is 1. The molecule has 0 amide bonds. The first kappa shape index (κ1) is 18.3. The molecule has 0 aromatic heterocycles. The van der Waals surface area contributed by atoms with Crippen molar-refractivity contribution < 1.29 is 27.0 Å². The summed E-state index contributed by atoms with van der Waals surface area (Å²) in [4.78, 5) is 23.3. The number of ketones is 1. The maximum atomic E-state index is 12.0. The van der Waals surface area contributed by atoms with Crippen molar-refractivity contribution >= 4 is 21.9 Å². The minimum atomic E-state index is -4.20. The number of methoxy groups -OCH3 is 1. The van der Waals surface area contributed by atoms with Gasteiger partial charge in [-0.1, -0.05) is 31.5 Å². The number of carbonyl (C=O) groups is 2. The van der Waals surface area contributed by atoms with E-state index in [9.17, 15) is 18.0 Å². The third kappa shape index (κ3) is 4.62. The molecule has 0 aliphatic carbocycles. The van der Waals surface area contributed by atoms with Gasteiger partial charge in [-0.05, 0) is 19.1 Å². The van der Waals surface area contributed by atoms with Crippen molar-refractivity contribution in [2.45, 2.75) is 31.7 Å². The molecule has 0 heterocycles. The molecule has 1 rings (SSSR count). The first-order chi connectivity index (χ1) is 10.2. The Morgan fingerprint density at radius 3 is 2.14 bits per heavy atom. The Bertz CT molecular complexity index is 636. The van der Waals surface area contributed by atoms with E-state index in [1.807, 2.05) is 0 Å². The molecule has 0 spiro atoms. The third-order valence-corrected chi connectivity index (χ3v) is 3.95. The highest BCUT2D eigenvalue weighted by Gasteiger charge is 2.23. The molecule has 1 unspecified atom stereocenters. The van der Waals surface area contributed by atoms with Crippen LogP contribution in [-0.4, -0.2) is 33.3 Å². The lowest BCUT2D eigenvalue weighted by atomic mass is 10.0. The quantitative estimate of drug-likeness (QED) is 0.429. The normalized spacial score (nSPS) is 13.0. The van der Waals surface area contributed by atoms with E-state index in [1.165, 1.54) is 12.1 Å². The van der Waals surface area contributed by atoms with E-state index in [0.29, 0.717) is 0 Å². The van der Waals surface area contributed by atoms with Gasteiger partial charge in [0, 0.05) is 12.0 Å². The van der Waals surface area contributed by atoms with Crippen LogP contribution in [0.2, 0.25) is 0 Å². The van der Waals surface area contributed by atoms with Gasteiger partial charge < -0.3 is 19.3 Å². The molecule has 1 atom stereocenters. The number of benzene rings is 1. The van der Waals surface area contributed by atoms with Gasteiger partial charge >= 0.3 is 0 Å². The van der Waals surface area contributed by atoms with Crippen LogP contribution in [0.3, 0.4) is 0 Å². The van der Waals surface area contributed by atoms with Crippen LogP contribution in [0.15, 0.2) is 29.2 Å². The fourth-order valence-electron chi connectivity index (χ4n) is 1.49. The van der Waals surface area contributed by atoms with Crippen molar-refractivity contribution in [3.8, 4) is 0 Å². The van der Waals surface area contributed by atoms with Gasteiger partial charge in [-0.25, -0.2) is 0 Å². The highest BCUT2D eigenvalue weighted by atomic mass is 32.2. The Morgan fingerprint density at radius 2 is 1.68 bits per heavy atom. The molecule has 0 fully saturated rings. The molecule has 1 aromatic rings. The Labute approximate surface area is 129 Å². The minimum Gasteiger partial charge on any atom is -0.498 e. The van der Waals surface area contributed by atoms with Crippen LogP contribution in [0, 0.1) is 12.8 Å². The first-order valence-electron chi connectivity index (χ1n) is 6.51. The van der Waals surface area contributed by atoms with Crippen LogP contribution in [0.4, 0.5) is 0 Å². The first-order valence-corrected chi connectivity index (χ1v) is 7.92. The lowest BCUT2D eigenvalue weighted by Crippen LogP contribution is -2.34. The van der Waals surface area contributed by atoms with E-state index >= 15 is 0 Å². The van der Waals surface area contributed by atoms with Gasteiger partial charge in [-0.2, -0.15) is 8.42 Å². The number of hydrogen-bond donors (Lipinski definition) is 0. The maximum Gasteiger partial charge on any atom is 0.296 e. The molecular weight excluding hydrogens is 310 g/mol. The van der Waals surface area contributed by atoms with E-state index in [4.69, 9.17) is 0 Å². The van der Waals surface area contributed by atoms with Gasteiger partial charge in [-0.3, -0.25) is 4.79 Å². The fraction of sp³-hybridized carbons (Fsp3) is 0.429. The Hall–Kier alpha value is -1.77. The monoisotopic (exact) mass is 328 g/mol. The second-order valence-corrected chi connectivity index (χ2v) is 6.46. The molecule has 0 saturated carbocycles. The van der Waals surface area contributed by atoms with Gasteiger partial charge in [0.25, 0.3) is 16.1 Å². The number of nitrogens with zero attached hydrogens (tertiary/aromatic N) is 1. The number of Topliss-reactive ketones (excluding diaryl/α,β-unsaturated/α-hetero) is 1. The topological polar surface area (TPSA) is 101 Å². The molecule has 0 saturated heterocycles. The van der Waals surface area contributed by atoms with Crippen molar-refractivity contribution in [2.75, 3.05) is 7.11 Å². The molecule has 0 aliphatic rings. The van der Waals surface area contributed by atoms with Gasteiger partial charge in [-0.15, -0.1) is 0 Å². The zero-order chi connectivity index (χ0) is 16.9. The zero-order valence-corrected chi connectivity index (χ0v) is 13.6. The summed E-state index contributed by atoms with van der Waals surface area (Å²) in [7, 11) is -3.12. The van der Waals surface area contributed by atoms with Crippen LogP contribution in [0.1, 0.15) is 19.4 Å².